The fourth-order valence-corrected chi connectivity index (χ4v) is 4.89. The summed E-state index contributed by atoms with van der Waals surface area (Å²) in [6.45, 7) is 6.20. The topological polar surface area (TPSA) is 71.0 Å². The SMILES string of the molecule is CN=C(NCc1cccc(COCc2ccccc2)c1)N1CCS(=O)(=O)C(C)(C)C1.I. The van der Waals surface area contributed by atoms with Crippen LogP contribution in [0.3, 0.4) is 0 Å². The van der Waals surface area contributed by atoms with Crippen molar-refractivity contribution < 1.29 is 13.2 Å². The Morgan fingerprint density at radius 1 is 1.06 bits per heavy atom. The summed E-state index contributed by atoms with van der Waals surface area (Å²) >= 11 is 0. The molecule has 1 fully saturated rings. The molecule has 0 spiro atoms. The summed E-state index contributed by atoms with van der Waals surface area (Å²) in [7, 11) is -1.35. The minimum absolute atomic E-state index is 0. The molecule has 0 amide bonds. The number of rotatable bonds is 6. The molecule has 0 bridgehead atoms. The van der Waals surface area contributed by atoms with Crippen molar-refractivity contribution >= 4 is 39.8 Å². The smallest absolute Gasteiger partial charge is 0.193 e. The van der Waals surface area contributed by atoms with Crippen LogP contribution < -0.4 is 5.32 Å². The van der Waals surface area contributed by atoms with Crippen molar-refractivity contribution in [1.82, 2.24) is 10.2 Å². The summed E-state index contributed by atoms with van der Waals surface area (Å²) in [5, 5.41) is 3.37. The van der Waals surface area contributed by atoms with Gasteiger partial charge in [0.05, 0.1) is 23.7 Å². The second kappa shape index (κ2) is 11.3. The molecule has 6 nitrogen and oxygen atoms in total. The first-order valence-electron chi connectivity index (χ1n) is 10.2. The van der Waals surface area contributed by atoms with Crippen LogP contribution in [0.1, 0.15) is 30.5 Å². The third kappa shape index (κ3) is 6.92. The van der Waals surface area contributed by atoms with Crippen LogP contribution in [0.4, 0.5) is 0 Å². The Morgan fingerprint density at radius 2 is 1.71 bits per heavy atom. The molecule has 0 radical (unpaired) electrons. The molecule has 1 N–H and O–H groups in total. The molecule has 0 saturated carbocycles. The first kappa shape index (κ1) is 25.6. The summed E-state index contributed by atoms with van der Waals surface area (Å²) in [4.78, 5) is 6.38. The number of sulfone groups is 1. The lowest BCUT2D eigenvalue weighted by atomic mass is 10.1. The minimum Gasteiger partial charge on any atom is -0.372 e. The van der Waals surface area contributed by atoms with Gasteiger partial charge in [0, 0.05) is 26.7 Å². The van der Waals surface area contributed by atoms with E-state index in [0.717, 1.165) is 22.6 Å². The van der Waals surface area contributed by atoms with E-state index >= 15 is 0 Å². The van der Waals surface area contributed by atoms with Crippen molar-refractivity contribution in [3.05, 3.63) is 71.3 Å². The molecule has 31 heavy (non-hydrogen) atoms. The van der Waals surface area contributed by atoms with E-state index in [1.165, 1.54) is 0 Å². The fourth-order valence-electron chi connectivity index (χ4n) is 3.53. The van der Waals surface area contributed by atoms with E-state index in [1.54, 1.807) is 20.9 Å². The van der Waals surface area contributed by atoms with Gasteiger partial charge in [0.25, 0.3) is 0 Å². The van der Waals surface area contributed by atoms with Crippen molar-refractivity contribution in [2.24, 2.45) is 4.99 Å². The van der Waals surface area contributed by atoms with Crippen LogP contribution in [0, 0.1) is 0 Å². The Hall–Kier alpha value is -1.65. The highest BCUT2D eigenvalue weighted by Crippen LogP contribution is 2.23. The molecule has 1 aliphatic rings. The molecule has 8 heteroatoms. The average Bonchev–Trinajstić information content (AvgIpc) is 2.72. The number of hydrogen-bond donors (Lipinski definition) is 1. The monoisotopic (exact) mass is 557 g/mol. The van der Waals surface area contributed by atoms with Crippen LogP contribution in [0.5, 0.6) is 0 Å². The largest absolute Gasteiger partial charge is 0.372 e. The van der Waals surface area contributed by atoms with Gasteiger partial charge in [0.2, 0.25) is 0 Å². The first-order chi connectivity index (χ1) is 14.3. The van der Waals surface area contributed by atoms with E-state index < -0.39 is 14.6 Å². The van der Waals surface area contributed by atoms with Gasteiger partial charge >= 0.3 is 0 Å². The summed E-state index contributed by atoms with van der Waals surface area (Å²) in [5.74, 6) is 0.873. The standard InChI is InChI=1S/C23H31N3O3S.HI/c1-23(2)18-26(12-13-30(23,27)28)22(24-3)25-15-20-10-7-11-21(14-20)17-29-16-19-8-5-4-6-9-19;/h4-11,14H,12-13,15-18H2,1-3H3,(H,24,25);1H. The lowest BCUT2D eigenvalue weighted by molar-refractivity contribution is 0.107. The summed E-state index contributed by atoms with van der Waals surface area (Å²) in [5.41, 5.74) is 3.40. The van der Waals surface area contributed by atoms with Gasteiger partial charge in [-0.3, -0.25) is 4.99 Å². The van der Waals surface area contributed by atoms with Gasteiger partial charge in [0.1, 0.15) is 0 Å². The van der Waals surface area contributed by atoms with Gasteiger partial charge < -0.3 is 15.0 Å². The van der Waals surface area contributed by atoms with Crippen LogP contribution in [0.2, 0.25) is 0 Å². The van der Waals surface area contributed by atoms with Gasteiger partial charge in [0.15, 0.2) is 15.8 Å². The lowest BCUT2D eigenvalue weighted by Gasteiger charge is -2.39. The predicted molar refractivity (Wildman–Crippen MR) is 136 cm³/mol. The van der Waals surface area contributed by atoms with Crippen molar-refractivity contribution in [3.8, 4) is 0 Å². The zero-order valence-corrected chi connectivity index (χ0v) is 21.5. The van der Waals surface area contributed by atoms with E-state index in [0.29, 0.717) is 32.8 Å². The predicted octanol–water partition coefficient (Wildman–Crippen LogP) is 3.61. The second-order valence-corrected chi connectivity index (χ2v) is 10.9. The highest BCUT2D eigenvalue weighted by atomic mass is 127. The van der Waals surface area contributed by atoms with Crippen LogP contribution in [0.25, 0.3) is 0 Å². The van der Waals surface area contributed by atoms with E-state index in [9.17, 15) is 8.42 Å². The van der Waals surface area contributed by atoms with Crippen molar-refractivity contribution in [1.29, 1.82) is 0 Å². The molecule has 1 saturated heterocycles. The first-order valence-corrected chi connectivity index (χ1v) is 11.8. The van der Waals surface area contributed by atoms with E-state index in [4.69, 9.17) is 4.74 Å². The summed E-state index contributed by atoms with van der Waals surface area (Å²) in [6, 6.07) is 18.4. The number of benzene rings is 2. The van der Waals surface area contributed by atoms with E-state index in [2.05, 4.69) is 40.6 Å². The number of guanidine groups is 1. The van der Waals surface area contributed by atoms with Crippen LogP contribution >= 0.6 is 24.0 Å². The minimum atomic E-state index is -3.08. The number of halogens is 1. The van der Waals surface area contributed by atoms with Crippen LogP contribution in [-0.4, -0.2) is 49.9 Å². The Kier molecular flexibility index (Phi) is 9.32. The summed E-state index contributed by atoms with van der Waals surface area (Å²) < 4.78 is 29.6. The zero-order chi connectivity index (χ0) is 21.6. The van der Waals surface area contributed by atoms with Gasteiger partial charge in [-0.15, -0.1) is 24.0 Å². The normalized spacial score (nSPS) is 17.6. The number of aliphatic imine (C=N–C) groups is 1. The molecule has 2 aromatic carbocycles. The highest BCUT2D eigenvalue weighted by molar-refractivity contribution is 14.0. The van der Waals surface area contributed by atoms with Crippen LogP contribution in [-0.2, 0) is 34.3 Å². The second-order valence-electron chi connectivity index (χ2n) is 8.20. The maximum atomic E-state index is 12.3. The van der Waals surface area contributed by atoms with Gasteiger partial charge in [-0.05, 0) is 30.5 Å². The molecule has 1 aliphatic heterocycles. The Bertz CT molecular complexity index is 979. The number of ether oxygens (including phenoxy) is 1. The third-order valence-corrected chi connectivity index (χ3v) is 7.91. The maximum absolute atomic E-state index is 12.3. The zero-order valence-electron chi connectivity index (χ0n) is 18.4. The fraction of sp³-hybridized carbons (Fsp3) is 0.435. The average molecular weight is 557 g/mol. The van der Waals surface area contributed by atoms with Crippen molar-refractivity contribution in [3.63, 3.8) is 0 Å². The quantitative estimate of drug-likeness (QED) is 0.334. The number of nitrogens with zero attached hydrogens (tertiary/aromatic N) is 2. The molecule has 3 rings (SSSR count). The molecular formula is C23H32IN3O3S. The molecule has 170 valence electrons. The lowest BCUT2D eigenvalue weighted by Crippen LogP contribution is -2.57. The van der Waals surface area contributed by atoms with Crippen molar-refractivity contribution in [2.45, 2.75) is 38.4 Å². The number of nitrogens with one attached hydrogen (secondary N) is 1. The molecule has 2 aromatic rings. The molecular weight excluding hydrogens is 525 g/mol. The van der Waals surface area contributed by atoms with E-state index in [1.807, 2.05) is 29.2 Å². The highest BCUT2D eigenvalue weighted by Gasteiger charge is 2.40. The molecule has 1 heterocycles. The van der Waals surface area contributed by atoms with Gasteiger partial charge in [-0.25, -0.2) is 8.42 Å². The molecule has 0 atom stereocenters. The Labute approximate surface area is 203 Å². The van der Waals surface area contributed by atoms with Gasteiger partial charge in [-0.2, -0.15) is 0 Å². The Morgan fingerprint density at radius 3 is 2.39 bits per heavy atom. The molecule has 0 unspecified atom stereocenters. The van der Waals surface area contributed by atoms with E-state index in [-0.39, 0.29) is 29.7 Å². The Balaban J connectivity index is 0.00000341. The summed E-state index contributed by atoms with van der Waals surface area (Å²) in [6.07, 6.45) is 0. The van der Waals surface area contributed by atoms with Crippen molar-refractivity contribution in [2.75, 3.05) is 25.9 Å². The maximum Gasteiger partial charge on any atom is 0.193 e. The third-order valence-electron chi connectivity index (χ3n) is 5.38. The molecule has 0 aromatic heterocycles. The number of hydrogen-bond acceptors (Lipinski definition) is 4. The molecule has 0 aliphatic carbocycles. The van der Waals surface area contributed by atoms with Gasteiger partial charge in [-0.1, -0.05) is 54.6 Å². The van der Waals surface area contributed by atoms with Crippen LogP contribution in [0.15, 0.2) is 59.6 Å².